The SMILES string of the molecule is CCNC(=NCc1coc(-c2ccc(C)cc2)n1)NCCC(CC)N1CCCC1=O. The Kier molecular flexibility index (Phi) is 7.88. The zero-order valence-electron chi connectivity index (χ0n) is 18.3. The van der Waals surface area contributed by atoms with Crippen molar-refractivity contribution in [1.82, 2.24) is 20.5 Å². The van der Waals surface area contributed by atoms with Crippen molar-refractivity contribution >= 4 is 11.9 Å². The van der Waals surface area contributed by atoms with E-state index in [2.05, 4.69) is 34.5 Å². The highest BCUT2D eigenvalue weighted by molar-refractivity contribution is 5.80. The van der Waals surface area contributed by atoms with Gasteiger partial charge in [-0.3, -0.25) is 4.79 Å². The van der Waals surface area contributed by atoms with Gasteiger partial charge in [0.25, 0.3) is 0 Å². The van der Waals surface area contributed by atoms with Gasteiger partial charge in [0.15, 0.2) is 5.96 Å². The third-order valence-corrected chi connectivity index (χ3v) is 5.39. The molecule has 1 fully saturated rings. The molecule has 1 aliphatic heterocycles. The molecule has 1 amide bonds. The Labute approximate surface area is 179 Å². The minimum absolute atomic E-state index is 0.290. The number of benzene rings is 1. The largest absolute Gasteiger partial charge is 0.444 e. The molecule has 7 nitrogen and oxygen atoms in total. The summed E-state index contributed by atoms with van der Waals surface area (Å²) in [5.74, 6) is 1.65. The molecule has 0 spiro atoms. The van der Waals surface area contributed by atoms with Gasteiger partial charge in [0.2, 0.25) is 11.8 Å². The summed E-state index contributed by atoms with van der Waals surface area (Å²) < 4.78 is 5.62. The fraction of sp³-hybridized carbons (Fsp3) is 0.522. The van der Waals surface area contributed by atoms with Gasteiger partial charge in [-0.15, -0.1) is 0 Å². The second-order valence-electron chi connectivity index (χ2n) is 7.67. The number of hydrogen-bond donors (Lipinski definition) is 2. The first-order valence-electron chi connectivity index (χ1n) is 10.9. The van der Waals surface area contributed by atoms with E-state index in [1.807, 2.05) is 36.1 Å². The smallest absolute Gasteiger partial charge is 0.226 e. The third kappa shape index (κ3) is 5.84. The molecule has 7 heteroatoms. The molecule has 1 unspecified atom stereocenters. The van der Waals surface area contributed by atoms with Crippen LogP contribution in [-0.4, -0.2) is 47.4 Å². The van der Waals surface area contributed by atoms with Crippen LogP contribution in [0, 0.1) is 6.92 Å². The van der Waals surface area contributed by atoms with Crippen molar-refractivity contribution in [1.29, 1.82) is 0 Å². The van der Waals surface area contributed by atoms with Crippen molar-refractivity contribution in [2.24, 2.45) is 4.99 Å². The average molecular weight is 412 g/mol. The Morgan fingerprint density at radius 3 is 2.73 bits per heavy atom. The van der Waals surface area contributed by atoms with Crippen LogP contribution in [0.4, 0.5) is 0 Å². The number of aliphatic imine (C=N–C) groups is 1. The fourth-order valence-electron chi connectivity index (χ4n) is 3.70. The monoisotopic (exact) mass is 411 g/mol. The first-order valence-corrected chi connectivity index (χ1v) is 10.9. The molecule has 30 heavy (non-hydrogen) atoms. The van der Waals surface area contributed by atoms with Crippen molar-refractivity contribution < 1.29 is 9.21 Å². The van der Waals surface area contributed by atoms with Crippen LogP contribution >= 0.6 is 0 Å². The van der Waals surface area contributed by atoms with Crippen molar-refractivity contribution in [3.63, 3.8) is 0 Å². The molecule has 1 aromatic carbocycles. The number of hydrogen-bond acceptors (Lipinski definition) is 4. The molecule has 3 rings (SSSR count). The lowest BCUT2D eigenvalue weighted by Crippen LogP contribution is -2.42. The summed E-state index contributed by atoms with van der Waals surface area (Å²) in [7, 11) is 0. The Bertz CT molecular complexity index is 844. The third-order valence-electron chi connectivity index (χ3n) is 5.39. The Hall–Kier alpha value is -2.83. The van der Waals surface area contributed by atoms with Gasteiger partial charge in [0, 0.05) is 37.7 Å². The number of aromatic nitrogens is 1. The minimum Gasteiger partial charge on any atom is -0.444 e. The summed E-state index contributed by atoms with van der Waals surface area (Å²) in [5.41, 5.74) is 2.95. The Morgan fingerprint density at radius 2 is 2.07 bits per heavy atom. The minimum atomic E-state index is 0.290. The molecule has 1 saturated heterocycles. The van der Waals surface area contributed by atoms with Gasteiger partial charge in [0.1, 0.15) is 12.0 Å². The van der Waals surface area contributed by atoms with Crippen LogP contribution in [0.25, 0.3) is 11.5 Å². The lowest BCUT2D eigenvalue weighted by atomic mass is 10.1. The number of likely N-dealkylation sites (tertiary alicyclic amines) is 1. The quantitative estimate of drug-likeness (QED) is 0.487. The van der Waals surface area contributed by atoms with E-state index >= 15 is 0 Å². The second-order valence-corrected chi connectivity index (χ2v) is 7.67. The molecule has 0 aliphatic carbocycles. The second kappa shape index (κ2) is 10.8. The normalized spacial score (nSPS) is 15.5. The van der Waals surface area contributed by atoms with Gasteiger partial charge >= 0.3 is 0 Å². The van der Waals surface area contributed by atoms with Crippen molar-refractivity contribution in [2.45, 2.75) is 59.0 Å². The summed E-state index contributed by atoms with van der Waals surface area (Å²) in [5, 5.41) is 6.65. The predicted molar refractivity (Wildman–Crippen MR) is 119 cm³/mol. The number of nitrogens with one attached hydrogen (secondary N) is 2. The fourth-order valence-corrected chi connectivity index (χ4v) is 3.70. The summed E-state index contributed by atoms with van der Waals surface area (Å²) in [4.78, 5) is 23.2. The van der Waals surface area contributed by atoms with Gasteiger partial charge in [-0.25, -0.2) is 9.98 Å². The maximum absolute atomic E-state index is 12.0. The first-order chi connectivity index (χ1) is 14.6. The van der Waals surface area contributed by atoms with Crippen LogP contribution in [0.5, 0.6) is 0 Å². The van der Waals surface area contributed by atoms with Crippen molar-refractivity contribution in [3.05, 3.63) is 41.8 Å². The molecular weight excluding hydrogens is 378 g/mol. The van der Waals surface area contributed by atoms with E-state index in [4.69, 9.17) is 4.42 Å². The van der Waals surface area contributed by atoms with Crippen LogP contribution in [0.15, 0.2) is 39.9 Å². The molecule has 1 aliphatic rings. The Balaban J connectivity index is 1.54. The van der Waals surface area contributed by atoms with Crippen LogP contribution < -0.4 is 10.6 Å². The van der Waals surface area contributed by atoms with Crippen LogP contribution in [-0.2, 0) is 11.3 Å². The number of rotatable bonds is 9. The summed E-state index contributed by atoms with van der Waals surface area (Å²) >= 11 is 0. The molecule has 162 valence electrons. The van der Waals surface area contributed by atoms with Crippen LogP contribution in [0.1, 0.15) is 50.8 Å². The summed E-state index contributed by atoms with van der Waals surface area (Å²) in [6.45, 7) is 9.11. The van der Waals surface area contributed by atoms with Gasteiger partial charge in [0.05, 0.1) is 6.54 Å². The average Bonchev–Trinajstić information content (AvgIpc) is 3.39. The Morgan fingerprint density at radius 1 is 1.27 bits per heavy atom. The van der Waals surface area contributed by atoms with E-state index in [9.17, 15) is 4.79 Å². The zero-order valence-corrected chi connectivity index (χ0v) is 18.3. The van der Waals surface area contributed by atoms with E-state index in [-0.39, 0.29) is 5.91 Å². The zero-order chi connectivity index (χ0) is 21.3. The highest BCUT2D eigenvalue weighted by atomic mass is 16.3. The molecule has 0 bridgehead atoms. The number of aryl methyl sites for hydroxylation is 1. The number of guanidine groups is 1. The predicted octanol–water partition coefficient (Wildman–Crippen LogP) is 3.50. The van der Waals surface area contributed by atoms with Crippen LogP contribution in [0.2, 0.25) is 0 Å². The maximum Gasteiger partial charge on any atom is 0.226 e. The van der Waals surface area contributed by atoms with E-state index in [1.54, 1.807) is 6.26 Å². The van der Waals surface area contributed by atoms with Gasteiger partial charge in [-0.2, -0.15) is 0 Å². The van der Waals surface area contributed by atoms with E-state index < -0.39 is 0 Å². The van der Waals surface area contributed by atoms with Crippen molar-refractivity contribution in [2.75, 3.05) is 19.6 Å². The van der Waals surface area contributed by atoms with E-state index in [0.29, 0.717) is 24.9 Å². The van der Waals surface area contributed by atoms with Gasteiger partial charge in [-0.05, 0) is 45.2 Å². The summed E-state index contributed by atoms with van der Waals surface area (Å²) in [6.07, 6.45) is 5.22. The highest BCUT2D eigenvalue weighted by Gasteiger charge is 2.26. The molecule has 2 N–H and O–H groups in total. The topological polar surface area (TPSA) is 82.8 Å². The first kappa shape index (κ1) is 21.9. The summed E-state index contributed by atoms with van der Waals surface area (Å²) in [6, 6.07) is 8.40. The number of nitrogens with zero attached hydrogens (tertiary/aromatic N) is 3. The molecular formula is C23H33N5O2. The van der Waals surface area contributed by atoms with Gasteiger partial charge < -0.3 is 20.0 Å². The number of carbonyl (C=O) groups is 1. The highest BCUT2D eigenvalue weighted by Crippen LogP contribution is 2.19. The van der Waals surface area contributed by atoms with Crippen LogP contribution in [0.3, 0.4) is 0 Å². The lowest BCUT2D eigenvalue weighted by Gasteiger charge is -2.27. The molecule has 1 atom stereocenters. The number of amides is 1. The molecule has 0 saturated carbocycles. The maximum atomic E-state index is 12.0. The molecule has 1 aromatic heterocycles. The van der Waals surface area contributed by atoms with Gasteiger partial charge in [-0.1, -0.05) is 24.6 Å². The molecule has 2 aromatic rings. The van der Waals surface area contributed by atoms with E-state index in [0.717, 1.165) is 56.1 Å². The van der Waals surface area contributed by atoms with Crippen molar-refractivity contribution in [3.8, 4) is 11.5 Å². The standard InChI is InChI=1S/C23H33N5O2/c1-4-20(28-14-6-7-21(28)29)12-13-25-23(24-5-2)26-15-19-16-30-22(27-19)18-10-8-17(3)9-11-18/h8-11,16,20H,4-7,12-15H2,1-3H3,(H2,24,25,26). The van der Waals surface area contributed by atoms with E-state index in [1.165, 1.54) is 5.56 Å². The molecule has 2 heterocycles. The number of carbonyl (C=O) groups excluding carboxylic acids is 1. The lowest BCUT2D eigenvalue weighted by molar-refractivity contribution is -0.129. The number of oxazole rings is 1. The molecule has 0 radical (unpaired) electrons.